The molecule has 6 heteroatoms. The average molecular weight is 310 g/mol. The van der Waals surface area contributed by atoms with Crippen LogP contribution in [0.5, 0.6) is 0 Å². The Morgan fingerprint density at radius 2 is 2.11 bits per heavy atom. The quantitative estimate of drug-likeness (QED) is 0.896. The van der Waals surface area contributed by atoms with Crippen LogP contribution >= 0.6 is 15.9 Å². The largest absolute Gasteiger partial charge is 0.384 e. The number of nitrogens with two attached hydrogens (primary N) is 1. The summed E-state index contributed by atoms with van der Waals surface area (Å²) in [5.74, 6) is -0.630. The molecule has 0 bridgehead atoms. The summed E-state index contributed by atoms with van der Waals surface area (Å²) in [6, 6.07) is 7.33. The number of aromatic nitrogens is 1. The van der Waals surface area contributed by atoms with Crippen LogP contribution in [0.2, 0.25) is 0 Å². The van der Waals surface area contributed by atoms with Crippen molar-refractivity contribution in [1.82, 2.24) is 4.98 Å². The van der Waals surface area contributed by atoms with Gasteiger partial charge in [-0.15, -0.1) is 0 Å². The van der Waals surface area contributed by atoms with Crippen molar-refractivity contribution in [3.63, 3.8) is 0 Å². The molecule has 0 aliphatic carbocycles. The Morgan fingerprint density at radius 1 is 1.33 bits per heavy atom. The van der Waals surface area contributed by atoms with Crippen molar-refractivity contribution in [3.8, 4) is 0 Å². The third kappa shape index (κ3) is 2.84. The predicted octanol–water partition coefficient (Wildman–Crippen LogP) is 2.82. The lowest BCUT2D eigenvalue weighted by molar-refractivity contribution is 0.102. The number of anilines is 2. The molecule has 0 spiro atoms. The van der Waals surface area contributed by atoms with Gasteiger partial charge in [-0.05, 0) is 30.3 Å². The van der Waals surface area contributed by atoms with E-state index in [4.69, 9.17) is 5.73 Å². The van der Waals surface area contributed by atoms with Crippen molar-refractivity contribution in [3.05, 3.63) is 52.4 Å². The molecule has 1 heterocycles. The highest BCUT2D eigenvalue weighted by atomic mass is 79.9. The van der Waals surface area contributed by atoms with Gasteiger partial charge in [-0.25, -0.2) is 9.37 Å². The third-order valence-corrected chi connectivity index (χ3v) is 2.72. The van der Waals surface area contributed by atoms with Crippen LogP contribution in [0.1, 0.15) is 10.4 Å². The van der Waals surface area contributed by atoms with Crippen molar-refractivity contribution < 1.29 is 9.18 Å². The third-order valence-electron chi connectivity index (χ3n) is 2.23. The van der Waals surface area contributed by atoms with E-state index in [1.807, 2.05) is 0 Å². The maximum Gasteiger partial charge on any atom is 0.257 e. The molecule has 18 heavy (non-hydrogen) atoms. The minimum absolute atomic E-state index is 0.103. The summed E-state index contributed by atoms with van der Waals surface area (Å²) in [6.07, 6.45) is 1.33. The molecule has 2 aromatic rings. The Hall–Kier alpha value is -1.95. The van der Waals surface area contributed by atoms with E-state index < -0.39 is 11.7 Å². The zero-order valence-corrected chi connectivity index (χ0v) is 10.7. The molecule has 3 N–H and O–H groups in total. The SMILES string of the molecule is Nc1ccc(C(=O)Nc2cc(Br)ccc2F)cn1. The minimum atomic E-state index is -0.505. The van der Waals surface area contributed by atoms with Gasteiger partial charge in [0.25, 0.3) is 5.91 Å². The molecule has 0 saturated carbocycles. The molecule has 92 valence electrons. The zero-order chi connectivity index (χ0) is 13.1. The standard InChI is InChI=1S/C12H9BrFN3O/c13-8-2-3-9(14)10(5-8)17-12(18)7-1-4-11(15)16-6-7/h1-6H,(H2,15,16)(H,17,18). The number of pyridine rings is 1. The highest BCUT2D eigenvalue weighted by Crippen LogP contribution is 2.20. The average Bonchev–Trinajstić information content (AvgIpc) is 2.34. The van der Waals surface area contributed by atoms with Crippen molar-refractivity contribution in [2.45, 2.75) is 0 Å². The van der Waals surface area contributed by atoms with Crippen molar-refractivity contribution in [2.75, 3.05) is 11.1 Å². The van der Waals surface area contributed by atoms with Crippen LogP contribution in [0.3, 0.4) is 0 Å². The Bertz CT molecular complexity index is 586. The molecule has 0 saturated heterocycles. The molecule has 1 aromatic heterocycles. The zero-order valence-electron chi connectivity index (χ0n) is 9.15. The summed E-state index contributed by atoms with van der Waals surface area (Å²) < 4.78 is 14.1. The van der Waals surface area contributed by atoms with Crippen LogP contribution in [0.4, 0.5) is 15.9 Å². The van der Waals surface area contributed by atoms with Crippen LogP contribution in [0.25, 0.3) is 0 Å². The molecule has 4 nitrogen and oxygen atoms in total. The molecule has 0 aliphatic rings. The van der Waals surface area contributed by atoms with E-state index in [0.717, 1.165) is 0 Å². The van der Waals surface area contributed by atoms with Crippen LogP contribution in [-0.2, 0) is 0 Å². The van der Waals surface area contributed by atoms with Gasteiger partial charge in [-0.1, -0.05) is 15.9 Å². The number of nitrogen functional groups attached to an aromatic ring is 1. The molecule has 0 fully saturated rings. The van der Waals surface area contributed by atoms with Gasteiger partial charge in [0.15, 0.2) is 0 Å². The number of nitrogens with one attached hydrogen (secondary N) is 1. The smallest absolute Gasteiger partial charge is 0.257 e. The molecular formula is C12H9BrFN3O. The van der Waals surface area contributed by atoms with Gasteiger partial charge in [0.05, 0.1) is 11.3 Å². The van der Waals surface area contributed by atoms with E-state index in [-0.39, 0.29) is 5.69 Å². The normalized spacial score (nSPS) is 10.1. The molecule has 0 aliphatic heterocycles. The second kappa shape index (κ2) is 5.14. The van der Waals surface area contributed by atoms with Gasteiger partial charge in [-0.2, -0.15) is 0 Å². The summed E-state index contributed by atoms with van der Waals surface area (Å²) in [7, 11) is 0. The van der Waals surface area contributed by atoms with E-state index in [1.165, 1.54) is 30.5 Å². The second-order valence-electron chi connectivity index (χ2n) is 3.55. The summed E-state index contributed by atoms with van der Waals surface area (Å²) in [5, 5.41) is 2.46. The Labute approximate surface area is 111 Å². The fourth-order valence-corrected chi connectivity index (χ4v) is 1.69. The van der Waals surface area contributed by atoms with Gasteiger partial charge in [0.2, 0.25) is 0 Å². The fourth-order valence-electron chi connectivity index (χ4n) is 1.33. The first-order valence-corrected chi connectivity index (χ1v) is 5.83. The van der Waals surface area contributed by atoms with Gasteiger partial charge in [0, 0.05) is 10.7 Å². The molecule has 2 rings (SSSR count). The fraction of sp³-hybridized carbons (Fsp3) is 0. The highest BCUT2D eigenvalue weighted by Gasteiger charge is 2.09. The minimum Gasteiger partial charge on any atom is -0.384 e. The van der Waals surface area contributed by atoms with E-state index in [1.54, 1.807) is 6.07 Å². The summed E-state index contributed by atoms with van der Waals surface area (Å²) in [4.78, 5) is 15.6. The van der Waals surface area contributed by atoms with Crippen molar-refractivity contribution in [2.24, 2.45) is 0 Å². The maximum absolute atomic E-state index is 13.4. The lowest BCUT2D eigenvalue weighted by Crippen LogP contribution is -2.13. The van der Waals surface area contributed by atoms with Crippen LogP contribution < -0.4 is 11.1 Å². The summed E-state index contributed by atoms with van der Waals surface area (Å²) >= 11 is 3.21. The van der Waals surface area contributed by atoms with E-state index in [0.29, 0.717) is 15.9 Å². The number of hydrogen-bond donors (Lipinski definition) is 2. The van der Waals surface area contributed by atoms with Crippen LogP contribution in [-0.4, -0.2) is 10.9 Å². The number of hydrogen-bond acceptors (Lipinski definition) is 3. The number of carbonyl (C=O) groups is 1. The molecular weight excluding hydrogens is 301 g/mol. The number of halogens is 2. The van der Waals surface area contributed by atoms with Crippen molar-refractivity contribution >= 4 is 33.3 Å². The van der Waals surface area contributed by atoms with Gasteiger partial charge >= 0.3 is 0 Å². The monoisotopic (exact) mass is 309 g/mol. The van der Waals surface area contributed by atoms with Gasteiger partial charge in [-0.3, -0.25) is 4.79 Å². The van der Waals surface area contributed by atoms with E-state index >= 15 is 0 Å². The number of rotatable bonds is 2. The number of amides is 1. The highest BCUT2D eigenvalue weighted by molar-refractivity contribution is 9.10. The second-order valence-corrected chi connectivity index (χ2v) is 4.47. The first-order valence-electron chi connectivity index (χ1n) is 5.04. The predicted molar refractivity (Wildman–Crippen MR) is 70.7 cm³/mol. The first kappa shape index (κ1) is 12.5. The lowest BCUT2D eigenvalue weighted by atomic mass is 10.2. The van der Waals surface area contributed by atoms with Crippen LogP contribution in [0, 0.1) is 5.82 Å². The lowest BCUT2D eigenvalue weighted by Gasteiger charge is -2.06. The van der Waals surface area contributed by atoms with Crippen LogP contribution in [0.15, 0.2) is 41.0 Å². The molecule has 0 radical (unpaired) electrons. The molecule has 0 atom stereocenters. The molecule has 0 unspecified atom stereocenters. The Balaban J connectivity index is 2.21. The first-order chi connectivity index (χ1) is 8.56. The number of carbonyl (C=O) groups excluding carboxylic acids is 1. The molecule has 1 aromatic carbocycles. The maximum atomic E-state index is 13.4. The van der Waals surface area contributed by atoms with E-state index in [2.05, 4.69) is 26.2 Å². The van der Waals surface area contributed by atoms with Gasteiger partial charge in [0.1, 0.15) is 11.6 Å². The summed E-state index contributed by atoms with van der Waals surface area (Å²) in [6.45, 7) is 0. The number of nitrogens with zero attached hydrogens (tertiary/aromatic N) is 1. The topological polar surface area (TPSA) is 68.0 Å². The van der Waals surface area contributed by atoms with Crippen molar-refractivity contribution in [1.29, 1.82) is 0 Å². The number of benzene rings is 1. The van der Waals surface area contributed by atoms with E-state index in [9.17, 15) is 9.18 Å². The molecule has 1 amide bonds. The Kier molecular flexibility index (Phi) is 3.57. The Morgan fingerprint density at radius 3 is 2.78 bits per heavy atom. The van der Waals surface area contributed by atoms with Gasteiger partial charge < -0.3 is 11.1 Å². The summed E-state index contributed by atoms with van der Waals surface area (Å²) in [5.41, 5.74) is 5.83.